The number of ether oxygens (including phenoxy) is 1. The van der Waals surface area contributed by atoms with Gasteiger partial charge in [-0.15, -0.1) is 0 Å². The summed E-state index contributed by atoms with van der Waals surface area (Å²) in [6, 6.07) is 0. The van der Waals surface area contributed by atoms with Crippen LogP contribution >= 0.6 is 0 Å². The third-order valence-corrected chi connectivity index (χ3v) is 4.99. The van der Waals surface area contributed by atoms with Crippen molar-refractivity contribution in [2.24, 2.45) is 22.7 Å². The molecule has 0 aliphatic heterocycles. The molecule has 0 saturated heterocycles. The largest absolute Gasteiger partial charge is 0.434 e. The van der Waals surface area contributed by atoms with E-state index < -0.39 is 5.41 Å². The first-order chi connectivity index (χ1) is 8.75. The number of allylic oxidation sites excluding steroid dienone is 2. The van der Waals surface area contributed by atoms with Gasteiger partial charge in [-0.25, -0.2) is 0 Å². The van der Waals surface area contributed by atoms with Crippen LogP contribution in [0.25, 0.3) is 0 Å². The van der Waals surface area contributed by atoms with Crippen molar-refractivity contribution in [3.8, 4) is 0 Å². The van der Waals surface area contributed by atoms with Gasteiger partial charge in [0, 0.05) is 0 Å². The molecular formula is C17H26O2. The number of hydrogen-bond acceptors (Lipinski definition) is 2. The van der Waals surface area contributed by atoms with Crippen molar-refractivity contribution in [2.75, 3.05) is 0 Å². The summed E-state index contributed by atoms with van der Waals surface area (Å²) in [5.41, 5.74) is 1.19. The maximum absolute atomic E-state index is 11.6. The second kappa shape index (κ2) is 4.81. The molecule has 0 aromatic rings. The molecule has 106 valence electrons. The van der Waals surface area contributed by atoms with Gasteiger partial charge in [0.1, 0.15) is 0 Å². The van der Waals surface area contributed by atoms with E-state index in [1.54, 1.807) is 6.26 Å². The average molecular weight is 262 g/mol. The second-order valence-corrected chi connectivity index (χ2v) is 7.38. The minimum Gasteiger partial charge on any atom is -0.434 e. The van der Waals surface area contributed by atoms with Crippen LogP contribution in [-0.2, 0) is 9.53 Å². The van der Waals surface area contributed by atoms with E-state index in [2.05, 4.69) is 13.5 Å². The summed E-state index contributed by atoms with van der Waals surface area (Å²) in [6.07, 6.45) is 8.46. The van der Waals surface area contributed by atoms with E-state index in [0.717, 1.165) is 18.3 Å². The molecule has 0 aromatic heterocycles. The van der Waals surface area contributed by atoms with E-state index in [1.165, 1.54) is 24.8 Å². The van der Waals surface area contributed by atoms with Gasteiger partial charge < -0.3 is 4.74 Å². The molecule has 0 spiro atoms. The molecule has 2 bridgehead atoms. The lowest BCUT2D eigenvalue weighted by Gasteiger charge is -2.35. The Morgan fingerprint density at radius 2 is 2.16 bits per heavy atom. The maximum atomic E-state index is 11.6. The Balaban J connectivity index is 1.89. The molecule has 19 heavy (non-hydrogen) atoms. The molecule has 0 heterocycles. The lowest BCUT2D eigenvalue weighted by atomic mass is 9.70. The van der Waals surface area contributed by atoms with E-state index in [1.807, 2.05) is 26.8 Å². The third-order valence-electron chi connectivity index (χ3n) is 4.99. The third kappa shape index (κ3) is 2.63. The fourth-order valence-electron chi connectivity index (χ4n) is 3.48. The van der Waals surface area contributed by atoms with Crippen molar-refractivity contribution in [2.45, 2.75) is 53.4 Å². The van der Waals surface area contributed by atoms with Crippen LogP contribution in [0.5, 0.6) is 0 Å². The minimum absolute atomic E-state index is 0.180. The molecule has 2 fully saturated rings. The van der Waals surface area contributed by atoms with Crippen LogP contribution in [0.15, 0.2) is 24.5 Å². The molecule has 2 aliphatic carbocycles. The van der Waals surface area contributed by atoms with Crippen molar-refractivity contribution >= 4 is 5.97 Å². The zero-order valence-corrected chi connectivity index (χ0v) is 12.7. The van der Waals surface area contributed by atoms with E-state index in [4.69, 9.17) is 4.74 Å². The fourth-order valence-corrected chi connectivity index (χ4v) is 3.48. The van der Waals surface area contributed by atoms with Crippen LogP contribution in [0.1, 0.15) is 53.4 Å². The molecule has 0 amide bonds. The Hall–Kier alpha value is -1.05. The molecular weight excluding hydrogens is 236 g/mol. The first-order valence-corrected chi connectivity index (χ1v) is 7.30. The predicted octanol–water partition coefficient (Wildman–Crippen LogP) is 4.47. The Labute approximate surface area is 116 Å². The number of carbonyl (C=O) groups excluding carboxylic acids is 1. The summed E-state index contributed by atoms with van der Waals surface area (Å²) >= 11 is 0. The van der Waals surface area contributed by atoms with Crippen LogP contribution in [0.4, 0.5) is 0 Å². The number of rotatable bonds is 3. The summed E-state index contributed by atoms with van der Waals surface area (Å²) in [5.74, 6) is 1.33. The highest BCUT2D eigenvalue weighted by atomic mass is 16.5. The lowest BCUT2D eigenvalue weighted by Crippen LogP contribution is -2.25. The predicted molar refractivity (Wildman–Crippen MR) is 77.4 cm³/mol. The van der Waals surface area contributed by atoms with Crippen molar-refractivity contribution in [3.05, 3.63) is 24.5 Å². The number of carbonyl (C=O) groups is 1. The average Bonchev–Trinajstić information content (AvgIpc) is 2.88. The van der Waals surface area contributed by atoms with Crippen LogP contribution in [0, 0.1) is 22.7 Å². The topological polar surface area (TPSA) is 26.3 Å². The summed E-state index contributed by atoms with van der Waals surface area (Å²) in [7, 11) is 0. The maximum Gasteiger partial charge on any atom is 0.316 e. The zero-order chi connectivity index (χ0) is 14.3. The highest BCUT2D eigenvalue weighted by Gasteiger charge is 2.49. The zero-order valence-electron chi connectivity index (χ0n) is 12.7. The Morgan fingerprint density at radius 3 is 2.68 bits per heavy atom. The summed E-state index contributed by atoms with van der Waals surface area (Å²) in [5, 5.41) is 0. The highest BCUT2D eigenvalue weighted by Crippen LogP contribution is 2.60. The normalized spacial score (nSPS) is 34.2. The van der Waals surface area contributed by atoms with Crippen molar-refractivity contribution in [1.29, 1.82) is 0 Å². The van der Waals surface area contributed by atoms with Crippen LogP contribution in [-0.4, -0.2) is 5.97 Å². The first-order valence-electron chi connectivity index (χ1n) is 7.30. The molecule has 0 aromatic carbocycles. The summed E-state index contributed by atoms with van der Waals surface area (Å²) < 4.78 is 5.18. The second-order valence-electron chi connectivity index (χ2n) is 7.38. The number of hydrogen-bond donors (Lipinski definition) is 0. The van der Waals surface area contributed by atoms with Gasteiger partial charge in [-0.2, -0.15) is 0 Å². The smallest absolute Gasteiger partial charge is 0.316 e. The molecule has 2 rings (SSSR count). The van der Waals surface area contributed by atoms with Gasteiger partial charge in [-0.05, 0) is 69.8 Å². The van der Waals surface area contributed by atoms with Gasteiger partial charge in [-0.3, -0.25) is 4.79 Å². The highest BCUT2D eigenvalue weighted by molar-refractivity contribution is 5.75. The van der Waals surface area contributed by atoms with Crippen LogP contribution in [0.3, 0.4) is 0 Å². The quantitative estimate of drug-likeness (QED) is 0.426. The Kier molecular flexibility index (Phi) is 3.63. The van der Waals surface area contributed by atoms with Gasteiger partial charge in [0.15, 0.2) is 0 Å². The van der Waals surface area contributed by atoms with Gasteiger partial charge >= 0.3 is 5.97 Å². The lowest BCUT2D eigenvalue weighted by molar-refractivity contribution is -0.146. The van der Waals surface area contributed by atoms with Gasteiger partial charge in [0.2, 0.25) is 0 Å². The molecule has 2 saturated carbocycles. The fraction of sp³-hybridized carbons (Fsp3) is 0.706. The molecule has 0 radical (unpaired) electrons. The van der Waals surface area contributed by atoms with Crippen molar-refractivity contribution < 1.29 is 9.53 Å². The molecule has 3 unspecified atom stereocenters. The summed E-state index contributed by atoms with van der Waals surface area (Å²) in [4.78, 5) is 11.6. The monoisotopic (exact) mass is 262 g/mol. The number of fused-ring (bicyclic) bond motifs is 2. The van der Waals surface area contributed by atoms with E-state index in [9.17, 15) is 4.79 Å². The number of esters is 1. The van der Waals surface area contributed by atoms with E-state index in [0.29, 0.717) is 0 Å². The molecule has 2 aliphatic rings. The Morgan fingerprint density at radius 1 is 1.47 bits per heavy atom. The molecule has 0 N–H and O–H groups in total. The molecule has 2 nitrogen and oxygen atoms in total. The first kappa shape index (κ1) is 14.4. The van der Waals surface area contributed by atoms with E-state index in [-0.39, 0.29) is 11.4 Å². The van der Waals surface area contributed by atoms with Gasteiger partial charge in [0.25, 0.3) is 0 Å². The molecule has 3 atom stereocenters. The minimum atomic E-state index is -0.440. The molecule has 2 heteroatoms. The standard InChI is InChI=1S/C17H26O2/c1-12-13-7-8-14(11-13)17(12,5)9-6-10-19-15(18)16(2,3)4/h6,10,13-14H,1,7-9,11H2,2-5H3/b10-6+. The SMILES string of the molecule is C=C1C2CCC(C2)C1(C)C/C=C/OC(=O)C(C)(C)C. The summed E-state index contributed by atoms with van der Waals surface area (Å²) in [6.45, 7) is 12.2. The van der Waals surface area contributed by atoms with Gasteiger partial charge in [-0.1, -0.05) is 19.1 Å². The Bertz CT molecular complexity index is 413. The van der Waals surface area contributed by atoms with Gasteiger partial charge in [0.05, 0.1) is 11.7 Å². The van der Waals surface area contributed by atoms with Crippen LogP contribution in [0.2, 0.25) is 0 Å². The van der Waals surface area contributed by atoms with E-state index >= 15 is 0 Å². The van der Waals surface area contributed by atoms with Crippen molar-refractivity contribution in [3.63, 3.8) is 0 Å². The van der Waals surface area contributed by atoms with Crippen molar-refractivity contribution in [1.82, 2.24) is 0 Å². The van der Waals surface area contributed by atoms with Crippen LogP contribution < -0.4 is 0 Å².